The summed E-state index contributed by atoms with van der Waals surface area (Å²) in [6, 6.07) is 0. The van der Waals surface area contributed by atoms with Crippen molar-refractivity contribution in [3.05, 3.63) is 15.3 Å². The second-order valence-corrected chi connectivity index (χ2v) is 2.76. The average molecular weight is 420 g/mol. The molecule has 0 bridgehead atoms. The van der Waals surface area contributed by atoms with Gasteiger partial charge in [-0.05, 0) is 0 Å². The summed E-state index contributed by atoms with van der Waals surface area (Å²) in [5.41, 5.74) is 0. The van der Waals surface area contributed by atoms with Gasteiger partial charge in [0.2, 0.25) is 0 Å². The van der Waals surface area contributed by atoms with Crippen molar-refractivity contribution in [1.29, 1.82) is 0 Å². The maximum atomic E-state index is 8.62. The quantitative estimate of drug-likeness (QED) is 0.157. The Morgan fingerprint density at radius 2 is 0.688 bits per heavy atom. The predicted octanol–water partition coefficient (Wildman–Crippen LogP) is -12.9. The first-order valence-corrected chi connectivity index (χ1v) is 4.69. The van der Waals surface area contributed by atoms with Crippen molar-refractivity contribution in [3.63, 3.8) is 0 Å². The third-order valence-electron chi connectivity index (χ3n) is 0. The van der Waals surface area contributed by atoms with Crippen molar-refractivity contribution < 1.29 is 88.3 Å². The molecule has 16 heteroatoms. The van der Waals surface area contributed by atoms with Gasteiger partial charge in [0.15, 0.2) is 0 Å². The Labute approximate surface area is 104 Å². The molecule has 0 aliphatic heterocycles. The molecule has 0 aromatic rings. The maximum absolute atomic E-state index is 8.62. The van der Waals surface area contributed by atoms with E-state index in [1.165, 1.54) is 0 Å². The van der Waals surface area contributed by atoms with Gasteiger partial charge in [-0.15, -0.1) is 0 Å². The van der Waals surface area contributed by atoms with Gasteiger partial charge in [0, 0.05) is 0 Å². The third kappa shape index (κ3) is 4300000. The zero-order valence-electron chi connectivity index (χ0n) is 7.00. The minimum Gasteiger partial charge on any atom is -0.412 e. The second kappa shape index (κ2) is 36.3. The Morgan fingerprint density at radius 1 is 0.688 bits per heavy atom. The number of rotatable bonds is 0. The molecule has 112 valence electrons. The van der Waals surface area contributed by atoms with E-state index in [0.717, 1.165) is 0 Å². The molecule has 0 heterocycles. The normalized spacial score (nSPS) is 5.25. The van der Waals surface area contributed by atoms with Crippen LogP contribution >= 0.6 is 0 Å². The minimum absolute atomic E-state index is 0. The van der Waals surface area contributed by atoms with E-state index in [4.69, 9.17) is 29.1 Å². The molecule has 0 amide bonds. The molecule has 16 heavy (non-hydrogen) atoms. The molecule has 12 N–H and O–H groups in total. The van der Waals surface area contributed by atoms with Gasteiger partial charge in [-0.1, -0.05) is 0 Å². The Balaban J connectivity index is -0.00000000614. The smallest absolute Gasteiger partial charge is 0.412 e. The van der Waals surface area contributed by atoms with Crippen LogP contribution in [-0.4, -0.2) is 37.9 Å². The van der Waals surface area contributed by atoms with Gasteiger partial charge >= 0.3 is 16.5 Å². The molecular formula is H12INNiO13. The van der Waals surface area contributed by atoms with E-state index in [2.05, 4.69) is 0 Å². The van der Waals surface area contributed by atoms with E-state index in [1.807, 2.05) is 0 Å². The Hall–Kier alpha value is 0.0235. The SMILES string of the molecule is O.O.O.O.O.O.O=[N+]([O-])[O-].[Ni+2].[O-][I+3]([O-])([O-])[O-]. The summed E-state index contributed by atoms with van der Waals surface area (Å²) >= 11 is -5.94. The molecular weight excluding hydrogens is 408 g/mol. The third-order valence-corrected chi connectivity index (χ3v) is 0. The van der Waals surface area contributed by atoms with Crippen molar-refractivity contribution in [1.82, 2.24) is 0 Å². The molecule has 0 rings (SSSR count). The van der Waals surface area contributed by atoms with Crippen LogP contribution in [0.3, 0.4) is 0 Å². The van der Waals surface area contributed by atoms with Gasteiger partial charge in [0.1, 0.15) is 20.1 Å². The summed E-state index contributed by atoms with van der Waals surface area (Å²) < 4.78 is 34.5. The van der Waals surface area contributed by atoms with Crippen LogP contribution in [0.1, 0.15) is 0 Å². The predicted molar refractivity (Wildman–Crippen MR) is 32.0 cm³/mol. The Kier molecular flexibility index (Phi) is 166. The maximum Gasteiger partial charge on any atom is 2.00 e. The summed E-state index contributed by atoms with van der Waals surface area (Å²) in [4.78, 5) is 8.25. The molecule has 0 aliphatic carbocycles. The molecule has 0 atom stereocenters. The van der Waals surface area contributed by atoms with Crippen molar-refractivity contribution in [3.8, 4) is 0 Å². The average Bonchev–Trinajstić information content (AvgIpc) is 1.19. The molecule has 14 nitrogen and oxygen atoms in total. The van der Waals surface area contributed by atoms with E-state index in [1.54, 1.807) is 0 Å². The van der Waals surface area contributed by atoms with Crippen LogP contribution in [0.4, 0.5) is 0 Å². The molecule has 0 saturated carbocycles. The van der Waals surface area contributed by atoms with Crippen molar-refractivity contribution >= 4 is 0 Å². The van der Waals surface area contributed by atoms with Gasteiger partial charge < -0.3 is 48.2 Å². The van der Waals surface area contributed by atoms with Crippen molar-refractivity contribution in [2.45, 2.75) is 0 Å². The molecule has 0 aromatic heterocycles. The van der Waals surface area contributed by atoms with Gasteiger partial charge in [-0.25, -0.2) is 0 Å². The number of hydrogen-bond donors (Lipinski definition) is 0. The Morgan fingerprint density at radius 3 is 0.688 bits per heavy atom. The van der Waals surface area contributed by atoms with Crippen LogP contribution in [0.2, 0.25) is 0 Å². The molecule has 0 fully saturated rings. The molecule has 0 unspecified atom stereocenters. The van der Waals surface area contributed by atoms with E-state index in [-0.39, 0.29) is 49.3 Å². The van der Waals surface area contributed by atoms with Crippen LogP contribution in [0.5, 0.6) is 0 Å². The van der Waals surface area contributed by atoms with Gasteiger partial charge in [0.05, 0.1) is 5.09 Å². The minimum atomic E-state index is -5.94. The molecule has 0 aromatic carbocycles. The van der Waals surface area contributed by atoms with E-state index in [9.17, 15) is 0 Å². The molecule has 0 radical (unpaired) electrons. The van der Waals surface area contributed by atoms with Crippen LogP contribution in [0, 0.1) is 15.3 Å². The first-order valence-electron chi connectivity index (χ1n) is 1.16. The summed E-state index contributed by atoms with van der Waals surface area (Å²) in [6.45, 7) is 0. The Bertz CT molecular complexity index is 78.4. The topological polar surface area (TPSA) is 347 Å². The fraction of sp³-hybridized carbons (Fsp3) is 0. The second-order valence-electron chi connectivity index (χ2n) is 0.602. The number of halogens is 1. The summed E-state index contributed by atoms with van der Waals surface area (Å²) in [7, 11) is 0. The van der Waals surface area contributed by atoms with E-state index >= 15 is 0 Å². The first kappa shape index (κ1) is 73.3. The van der Waals surface area contributed by atoms with Crippen LogP contribution in [0.15, 0.2) is 0 Å². The van der Waals surface area contributed by atoms with Gasteiger partial charge in [-0.3, -0.25) is 13.7 Å². The molecule has 0 spiro atoms. The fourth-order valence-corrected chi connectivity index (χ4v) is 0. The van der Waals surface area contributed by atoms with Gasteiger partial charge in [-0.2, -0.15) is 0 Å². The van der Waals surface area contributed by atoms with Crippen molar-refractivity contribution in [2.75, 3.05) is 0 Å². The van der Waals surface area contributed by atoms with Crippen LogP contribution < -0.4 is 33.8 Å². The molecule has 0 saturated heterocycles. The number of nitrogens with zero attached hydrogens (tertiary/aromatic N) is 1. The zero-order chi connectivity index (χ0) is 8.08. The standard InChI is InChI=1S/IO4.NO3.Ni.6H2O/c2-1(3,4)5;2-1(3)4;;;;;;;/h;;;6*1H2/q2*-1;+2;;;;;;. The fourth-order valence-electron chi connectivity index (χ4n) is 0. The van der Waals surface area contributed by atoms with Gasteiger partial charge in [0.25, 0.3) is 0 Å². The summed E-state index contributed by atoms with van der Waals surface area (Å²) in [5, 5.41) is 14.8. The largest absolute Gasteiger partial charge is 2.00 e. The van der Waals surface area contributed by atoms with Crippen LogP contribution in [0.25, 0.3) is 0 Å². The summed E-state index contributed by atoms with van der Waals surface area (Å²) in [6.07, 6.45) is 0. The number of hydrogen-bond acceptors (Lipinski definition) is 7. The van der Waals surface area contributed by atoms with E-state index in [0.29, 0.717) is 0 Å². The zero-order valence-corrected chi connectivity index (χ0v) is 10.1. The first-order chi connectivity index (χ1) is 3.73. The molecule has 0 aliphatic rings. The monoisotopic (exact) mass is 419 g/mol. The van der Waals surface area contributed by atoms with Crippen molar-refractivity contribution in [2.24, 2.45) is 0 Å². The van der Waals surface area contributed by atoms with E-state index < -0.39 is 25.2 Å². The summed E-state index contributed by atoms with van der Waals surface area (Å²) in [5.74, 6) is 0. The van der Waals surface area contributed by atoms with Crippen LogP contribution in [-0.2, 0) is 16.5 Å².